The average molecular weight is 693 g/mol. The minimum Gasteiger partial charge on any atom is -0.457 e. The van der Waals surface area contributed by atoms with E-state index in [1.54, 1.807) is 0 Å². The van der Waals surface area contributed by atoms with Crippen molar-refractivity contribution < 1.29 is 4.74 Å². The van der Waals surface area contributed by atoms with Crippen LogP contribution in [0.2, 0.25) is 0 Å². The highest BCUT2D eigenvalue weighted by Gasteiger charge is 2.31. The van der Waals surface area contributed by atoms with Gasteiger partial charge in [-0.2, -0.15) is 5.10 Å². The molecule has 0 unspecified atom stereocenters. The first kappa shape index (κ1) is 35.7. The molecule has 5 heteroatoms. The molecule has 0 saturated carbocycles. The molecule has 7 rings (SSSR count). The van der Waals surface area contributed by atoms with E-state index in [1.807, 2.05) is 6.20 Å². The Morgan fingerprint density at radius 2 is 1.58 bits per heavy atom. The van der Waals surface area contributed by atoms with Gasteiger partial charge in [0.1, 0.15) is 17.3 Å². The van der Waals surface area contributed by atoms with Gasteiger partial charge in [0, 0.05) is 46.3 Å². The molecule has 0 fully saturated rings. The number of benzene rings is 3. The smallest absolute Gasteiger partial charge is 0.137 e. The number of pyridine rings is 1. The van der Waals surface area contributed by atoms with Crippen molar-refractivity contribution in [3.8, 4) is 23.0 Å². The fourth-order valence-electron chi connectivity index (χ4n) is 8.39. The lowest BCUT2D eigenvalue weighted by atomic mass is 9.74. The maximum Gasteiger partial charge on any atom is 0.137 e. The third kappa shape index (κ3) is 6.95. The van der Waals surface area contributed by atoms with Crippen molar-refractivity contribution in [3.05, 3.63) is 119 Å². The van der Waals surface area contributed by atoms with E-state index in [0.29, 0.717) is 23.7 Å². The zero-order chi connectivity index (χ0) is 36.9. The van der Waals surface area contributed by atoms with Crippen LogP contribution in [0.1, 0.15) is 109 Å². The molecule has 0 spiro atoms. The summed E-state index contributed by atoms with van der Waals surface area (Å²) in [5.74, 6) is 4.59. The summed E-state index contributed by atoms with van der Waals surface area (Å²) in [6.07, 6.45) is 8.75. The van der Waals surface area contributed by atoms with Crippen LogP contribution in [0.3, 0.4) is 0 Å². The van der Waals surface area contributed by atoms with Crippen molar-refractivity contribution >= 4 is 21.8 Å². The molecule has 0 saturated heterocycles. The monoisotopic (exact) mass is 692 g/mol. The van der Waals surface area contributed by atoms with Crippen LogP contribution in [0, 0.1) is 24.7 Å². The van der Waals surface area contributed by atoms with E-state index in [2.05, 4.69) is 157 Å². The minimum absolute atomic E-state index is 0.0857. The second-order valence-corrected chi connectivity index (χ2v) is 17.2. The van der Waals surface area contributed by atoms with Crippen LogP contribution in [-0.2, 0) is 18.3 Å². The Balaban J connectivity index is 1.35. The molecule has 0 bridgehead atoms. The Bertz CT molecular complexity index is 2270. The first-order valence-corrected chi connectivity index (χ1v) is 19.4. The first-order chi connectivity index (χ1) is 24.8. The molecule has 3 aromatic carbocycles. The van der Waals surface area contributed by atoms with E-state index in [-0.39, 0.29) is 5.41 Å². The van der Waals surface area contributed by atoms with E-state index >= 15 is 0 Å². The molecule has 0 amide bonds. The fraction of sp³-hybridized carbons (Fsp3) is 0.404. The SMILES string of the molecule is CC1=CCC[C@H](C)[C@H]1c1c(C)nn(-c2cc(Oc3ccc4c5ccccc5n(-c5cc(CC(C)C)ccn5)c4c3)cc(C(C)(C)C)c2)c1CC(C)C. The summed E-state index contributed by atoms with van der Waals surface area (Å²) in [7, 11) is 0. The van der Waals surface area contributed by atoms with E-state index < -0.39 is 0 Å². The maximum atomic E-state index is 6.87. The third-order valence-corrected chi connectivity index (χ3v) is 10.8. The zero-order valence-electron chi connectivity index (χ0n) is 32.9. The Hall–Kier alpha value is -4.64. The number of aryl methyl sites for hydroxylation is 1. The van der Waals surface area contributed by atoms with Crippen LogP contribution in [0.4, 0.5) is 0 Å². The molecule has 52 heavy (non-hydrogen) atoms. The number of hydrogen-bond donors (Lipinski definition) is 0. The second kappa shape index (κ2) is 14.1. The number of fused-ring (bicyclic) bond motifs is 3. The van der Waals surface area contributed by atoms with Crippen molar-refractivity contribution in [2.45, 2.75) is 106 Å². The van der Waals surface area contributed by atoms with Crippen molar-refractivity contribution in [1.82, 2.24) is 19.3 Å². The van der Waals surface area contributed by atoms with Crippen molar-refractivity contribution in [2.75, 3.05) is 0 Å². The molecule has 6 aromatic rings. The zero-order valence-corrected chi connectivity index (χ0v) is 32.9. The van der Waals surface area contributed by atoms with Crippen LogP contribution in [0.25, 0.3) is 33.3 Å². The lowest BCUT2D eigenvalue weighted by Gasteiger charge is -2.30. The summed E-state index contributed by atoms with van der Waals surface area (Å²) in [5.41, 5.74) is 11.1. The standard InChI is InChI=1S/C47H56N4O/c1-29(2)22-34-20-21-48-44(24-34)50-41-17-12-11-16-39(41)40-19-18-37(28-42(40)50)52-38-26-35(47(8,9)10)25-36(27-38)51-43(23-30(3)4)46(33(7)49-51)45-31(5)14-13-15-32(45)6/h11-12,14,16-21,24-30,32,45H,13,15,22-23H2,1-10H3/t32-,45-/m0/s1. The van der Waals surface area contributed by atoms with Gasteiger partial charge in [-0.25, -0.2) is 9.67 Å². The Morgan fingerprint density at radius 3 is 2.31 bits per heavy atom. The topological polar surface area (TPSA) is 44.9 Å². The highest BCUT2D eigenvalue weighted by Crippen LogP contribution is 2.43. The molecule has 270 valence electrons. The van der Waals surface area contributed by atoms with Gasteiger partial charge in [-0.15, -0.1) is 0 Å². The molecule has 2 atom stereocenters. The van der Waals surface area contributed by atoms with Gasteiger partial charge in [-0.1, -0.05) is 85.2 Å². The van der Waals surface area contributed by atoms with Gasteiger partial charge < -0.3 is 4.74 Å². The van der Waals surface area contributed by atoms with E-state index in [0.717, 1.165) is 59.0 Å². The van der Waals surface area contributed by atoms with Gasteiger partial charge in [0.25, 0.3) is 0 Å². The first-order valence-electron chi connectivity index (χ1n) is 19.4. The summed E-state index contributed by atoms with van der Waals surface area (Å²) >= 11 is 0. The molecule has 1 aliphatic carbocycles. The number of nitrogens with zero attached hydrogens (tertiary/aromatic N) is 4. The maximum absolute atomic E-state index is 6.87. The predicted octanol–water partition coefficient (Wildman–Crippen LogP) is 12.6. The van der Waals surface area contributed by atoms with Gasteiger partial charge >= 0.3 is 0 Å². The summed E-state index contributed by atoms with van der Waals surface area (Å²) in [4.78, 5) is 4.88. The lowest BCUT2D eigenvalue weighted by molar-refractivity contribution is 0.444. The van der Waals surface area contributed by atoms with Crippen molar-refractivity contribution in [3.63, 3.8) is 0 Å². The molecule has 0 aliphatic heterocycles. The normalized spacial score (nSPS) is 16.7. The summed E-state index contributed by atoms with van der Waals surface area (Å²) in [5, 5.41) is 7.70. The molecular weight excluding hydrogens is 637 g/mol. The molecule has 3 heterocycles. The van der Waals surface area contributed by atoms with Gasteiger partial charge in [0.15, 0.2) is 0 Å². The fourth-order valence-corrected chi connectivity index (χ4v) is 8.39. The number of ether oxygens (including phenoxy) is 1. The Morgan fingerprint density at radius 1 is 0.827 bits per heavy atom. The van der Waals surface area contributed by atoms with Crippen LogP contribution in [0.5, 0.6) is 11.5 Å². The van der Waals surface area contributed by atoms with Gasteiger partial charge in [-0.3, -0.25) is 4.57 Å². The Labute approximate surface area is 310 Å². The number of hydrogen-bond acceptors (Lipinski definition) is 3. The van der Waals surface area contributed by atoms with Gasteiger partial charge in [-0.05, 0) is 116 Å². The minimum atomic E-state index is -0.0857. The van der Waals surface area contributed by atoms with E-state index in [1.165, 1.54) is 45.2 Å². The van der Waals surface area contributed by atoms with Gasteiger partial charge in [0.2, 0.25) is 0 Å². The van der Waals surface area contributed by atoms with E-state index in [4.69, 9.17) is 14.8 Å². The van der Waals surface area contributed by atoms with Crippen LogP contribution in [-0.4, -0.2) is 19.3 Å². The molecule has 3 aromatic heterocycles. The van der Waals surface area contributed by atoms with Crippen molar-refractivity contribution in [1.29, 1.82) is 0 Å². The van der Waals surface area contributed by atoms with E-state index in [9.17, 15) is 0 Å². The number of para-hydroxylation sites is 1. The lowest BCUT2D eigenvalue weighted by Crippen LogP contribution is -2.18. The van der Waals surface area contributed by atoms with Crippen LogP contribution in [0.15, 0.2) is 90.6 Å². The number of aromatic nitrogens is 4. The van der Waals surface area contributed by atoms with Crippen molar-refractivity contribution in [2.24, 2.45) is 17.8 Å². The molecule has 0 N–H and O–H groups in total. The van der Waals surface area contributed by atoms with Crippen LogP contribution < -0.4 is 4.74 Å². The summed E-state index contributed by atoms with van der Waals surface area (Å²) in [6.45, 7) is 22.9. The second-order valence-electron chi connectivity index (χ2n) is 17.2. The Kier molecular flexibility index (Phi) is 9.67. The molecule has 5 nitrogen and oxygen atoms in total. The molecule has 1 aliphatic rings. The highest BCUT2D eigenvalue weighted by molar-refractivity contribution is 6.09. The highest BCUT2D eigenvalue weighted by atomic mass is 16.5. The molecular formula is C47H56N4O. The largest absolute Gasteiger partial charge is 0.457 e. The van der Waals surface area contributed by atoms with Gasteiger partial charge in [0.05, 0.1) is 22.4 Å². The summed E-state index contributed by atoms with van der Waals surface area (Å²) in [6, 6.07) is 26.1. The van der Waals surface area contributed by atoms with Crippen LogP contribution >= 0.6 is 0 Å². The number of allylic oxidation sites excluding steroid dienone is 2. The summed E-state index contributed by atoms with van der Waals surface area (Å²) < 4.78 is 11.4. The molecule has 0 radical (unpaired) electrons. The third-order valence-electron chi connectivity index (χ3n) is 10.8. The quantitative estimate of drug-likeness (QED) is 0.142. The average Bonchev–Trinajstić information content (AvgIpc) is 3.57. The number of rotatable bonds is 9. The predicted molar refractivity (Wildman–Crippen MR) is 218 cm³/mol.